The van der Waals surface area contributed by atoms with Gasteiger partial charge < -0.3 is 25.7 Å². The Bertz CT molecular complexity index is 444. The van der Waals surface area contributed by atoms with E-state index < -0.39 is 36.9 Å². The van der Waals surface area contributed by atoms with Gasteiger partial charge in [0.1, 0.15) is 12.2 Å². The average Bonchev–Trinajstić information content (AvgIpc) is 2.77. The first-order valence-electron chi connectivity index (χ1n) is 12.6. The van der Waals surface area contributed by atoms with Crippen LogP contribution in [0.3, 0.4) is 0 Å². The molecule has 0 fully saturated rings. The van der Waals surface area contributed by atoms with Crippen molar-refractivity contribution >= 4 is 5.91 Å². The zero-order valence-corrected chi connectivity index (χ0v) is 20.0. The number of unbranched alkanes of at least 4 members (excludes halogenated alkanes) is 10. The lowest BCUT2D eigenvalue weighted by Gasteiger charge is -2.27. The Balaban J connectivity index is 4.08. The summed E-state index contributed by atoms with van der Waals surface area (Å²) in [6, 6.07) is -0.990. The van der Waals surface area contributed by atoms with Crippen molar-refractivity contribution in [1.29, 1.82) is 0 Å². The molecule has 4 unspecified atom stereocenters. The Labute approximate surface area is 190 Å². The van der Waals surface area contributed by atoms with Crippen molar-refractivity contribution in [3.05, 3.63) is 12.2 Å². The van der Waals surface area contributed by atoms with Gasteiger partial charge in [0.25, 0.3) is 0 Å². The highest BCUT2D eigenvalue weighted by Gasteiger charge is 2.28. The van der Waals surface area contributed by atoms with Crippen LogP contribution in [0.4, 0.5) is 0 Å². The van der Waals surface area contributed by atoms with Gasteiger partial charge in [0.15, 0.2) is 0 Å². The quantitative estimate of drug-likeness (QED) is 0.136. The van der Waals surface area contributed by atoms with Crippen molar-refractivity contribution < 1.29 is 25.2 Å². The summed E-state index contributed by atoms with van der Waals surface area (Å²) >= 11 is 0. The number of allylic oxidation sites excluding steroid dienone is 2. The smallest absolute Gasteiger partial charge is 0.249 e. The molecule has 184 valence electrons. The number of nitrogens with one attached hydrogen (secondary N) is 1. The third kappa shape index (κ3) is 16.4. The topological polar surface area (TPSA) is 110 Å². The molecule has 0 aliphatic rings. The van der Waals surface area contributed by atoms with Gasteiger partial charge in [-0.3, -0.25) is 4.79 Å². The van der Waals surface area contributed by atoms with Gasteiger partial charge >= 0.3 is 0 Å². The molecule has 0 bridgehead atoms. The average molecular weight is 444 g/mol. The van der Waals surface area contributed by atoms with Gasteiger partial charge in [0, 0.05) is 0 Å². The van der Waals surface area contributed by atoms with Gasteiger partial charge in [-0.05, 0) is 32.1 Å². The van der Waals surface area contributed by atoms with Crippen LogP contribution in [0.25, 0.3) is 0 Å². The zero-order valence-electron chi connectivity index (χ0n) is 20.0. The Kier molecular flexibility index (Phi) is 20.3. The molecular formula is C25H49NO5. The van der Waals surface area contributed by atoms with Crippen LogP contribution in [0.1, 0.15) is 110 Å². The molecule has 1 amide bonds. The number of aliphatic hydroxyl groups is 4. The number of amides is 1. The first-order chi connectivity index (χ1) is 15.0. The highest BCUT2D eigenvalue weighted by Crippen LogP contribution is 2.12. The Morgan fingerprint density at radius 2 is 1.32 bits per heavy atom. The summed E-state index contributed by atoms with van der Waals surface area (Å²) in [5.41, 5.74) is 0. The molecule has 0 rings (SSSR count). The summed E-state index contributed by atoms with van der Waals surface area (Å²) in [4.78, 5) is 12.2. The second kappa shape index (κ2) is 20.9. The van der Waals surface area contributed by atoms with Crippen molar-refractivity contribution in [3.63, 3.8) is 0 Å². The maximum absolute atomic E-state index is 12.2. The standard InChI is InChI=1S/C25H49NO5/c1-3-5-7-9-11-13-15-17-19-23(29)25(31)26-21(20-27)24(30)22(28)18-16-14-12-10-8-6-4-2/h10,12,21-24,27-30H,3-9,11,13-20H2,1-2H3,(H,26,31)/b12-10+. The molecule has 6 nitrogen and oxygen atoms in total. The fourth-order valence-electron chi connectivity index (χ4n) is 3.56. The summed E-state index contributed by atoms with van der Waals surface area (Å²) < 4.78 is 0. The molecule has 0 spiro atoms. The Morgan fingerprint density at radius 1 is 0.774 bits per heavy atom. The highest BCUT2D eigenvalue weighted by atomic mass is 16.3. The fraction of sp³-hybridized carbons (Fsp3) is 0.880. The lowest BCUT2D eigenvalue weighted by atomic mass is 10.00. The van der Waals surface area contributed by atoms with Crippen molar-refractivity contribution in [2.45, 2.75) is 135 Å². The Hall–Kier alpha value is -0.950. The maximum Gasteiger partial charge on any atom is 0.249 e. The summed E-state index contributed by atoms with van der Waals surface area (Å²) in [6.07, 6.45) is 15.5. The van der Waals surface area contributed by atoms with Crippen LogP contribution in [-0.2, 0) is 4.79 Å². The number of aliphatic hydroxyl groups excluding tert-OH is 4. The van der Waals surface area contributed by atoms with Gasteiger partial charge in [-0.25, -0.2) is 0 Å². The molecule has 5 N–H and O–H groups in total. The first-order valence-corrected chi connectivity index (χ1v) is 12.6. The van der Waals surface area contributed by atoms with Crippen molar-refractivity contribution in [2.75, 3.05) is 6.61 Å². The lowest BCUT2D eigenvalue weighted by Crippen LogP contribution is -2.53. The van der Waals surface area contributed by atoms with E-state index in [9.17, 15) is 25.2 Å². The van der Waals surface area contributed by atoms with Crippen LogP contribution in [0, 0.1) is 0 Å². The molecule has 0 aromatic heterocycles. The maximum atomic E-state index is 12.2. The molecule has 0 radical (unpaired) electrons. The first kappa shape index (κ1) is 30.0. The molecule has 0 aromatic rings. The molecule has 0 aliphatic heterocycles. The minimum Gasteiger partial charge on any atom is -0.394 e. The monoisotopic (exact) mass is 443 g/mol. The summed E-state index contributed by atoms with van der Waals surface area (Å²) in [7, 11) is 0. The van der Waals surface area contributed by atoms with E-state index in [4.69, 9.17) is 0 Å². The number of rotatable bonds is 21. The third-order valence-corrected chi connectivity index (χ3v) is 5.73. The number of carbonyl (C=O) groups excluding carboxylic acids is 1. The minimum atomic E-state index is -1.27. The van der Waals surface area contributed by atoms with E-state index in [0.29, 0.717) is 19.3 Å². The van der Waals surface area contributed by atoms with Crippen LogP contribution in [0.2, 0.25) is 0 Å². The molecule has 31 heavy (non-hydrogen) atoms. The lowest BCUT2D eigenvalue weighted by molar-refractivity contribution is -0.132. The summed E-state index contributed by atoms with van der Waals surface area (Å²) in [6.45, 7) is 3.85. The van der Waals surface area contributed by atoms with Crippen molar-refractivity contribution in [3.8, 4) is 0 Å². The van der Waals surface area contributed by atoms with E-state index in [1.807, 2.05) is 0 Å². The van der Waals surface area contributed by atoms with E-state index in [0.717, 1.165) is 38.5 Å². The molecule has 0 saturated carbocycles. The zero-order chi connectivity index (χ0) is 23.3. The molecule has 6 heteroatoms. The van der Waals surface area contributed by atoms with Crippen LogP contribution in [0.5, 0.6) is 0 Å². The second-order valence-electron chi connectivity index (χ2n) is 8.68. The minimum absolute atomic E-state index is 0.363. The van der Waals surface area contributed by atoms with E-state index >= 15 is 0 Å². The summed E-state index contributed by atoms with van der Waals surface area (Å²) in [5.74, 6) is -0.605. The molecular weight excluding hydrogens is 394 g/mol. The van der Waals surface area contributed by atoms with Crippen LogP contribution < -0.4 is 5.32 Å². The molecule has 4 atom stereocenters. The fourth-order valence-corrected chi connectivity index (χ4v) is 3.56. The number of hydrogen-bond acceptors (Lipinski definition) is 5. The second-order valence-corrected chi connectivity index (χ2v) is 8.68. The SMILES string of the molecule is CCCC/C=C/CCCC(O)C(O)C(CO)NC(=O)C(O)CCCCCCCCCC. The van der Waals surface area contributed by atoms with E-state index in [1.54, 1.807) is 0 Å². The highest BCUT2D eigenvalue weighted by molar-refractivity contribution is 5.80. The number of carbonyl (C=O) groups is 1. The molecule has 0 saturated heterocycles. The van der Waals surface area contributed by atoms with Gasteiger partial charge in [0.05, 0.1) is 18.8 Å². The molecule has 0 heterocycles. The van der Waals surface area contributed by atoms with E-state index in [2.05, 4.69) is 31.3 Å². The van der Waals surface area contributed by atoms with Crippen molar-refractivity contribution in [2.24, 2.45) is 0 Å². The normalized spacial score (nSPS) is 15.7. The third-order valence-electron chi connectivity index (χ3n) is 5.73. The number of hydrogen-bond donors (Lipinski definition) is 5. The predicted molar refractivity (Wildman–Crippen MR) is 127 cm³/mol. The van der Waals surface area contributed by atoms with Gasteiger partial charge in [0.2, 0.25) is 5.91 Å². The van der Waals surface area contributed by atoms with Gasteiger partial charge in [-0.2, -0.15) is 0 Å². The molecule has 0 aromatic carbocycles. The van der Waals surface area contributed by atoms with Gasteiger partial charge in [-0.1, -0.05) is 90.2 Å². The van der Waals surface area contributed by atoms with E-state index in [-0.39, 0.29) is 0 Å². The summed E-state index contributed by atoms with van der Waals surface area (Å²) in [5, 5.41) is 42.6. The van der Waals surface area contributed by atoms with Crippen LogP contribution in [-0.4, -0.2) is 57.3 Å². The van der Waals surface area contributed by atoms with Gasteiger partial charge in [-0.15, -0.1) is 0 Å². The van der Waals surface area contributed by atoms with Crippen molar-refractivity contribution in [1.82, 2.24) is 5.32 Å². The largest absolute Gasteiger partial charge is 0.394 e. The van der Waals surface area contributed by atoms with E-state index in [1.165, 1.54) is 38.5 Å². The predicted octanol–water partition coefficient (Wildman–Crippen LogP) is 3.99. The molecule has 0 aliphatic carbocycles. The van der Waals surface area contributed by atoms with Crippen LogP contribution in [0.15, 0.2) is 12.2 Å². The Morgan fingerprint density at radius 3 is 1.90 bits per heavy atom. The van der Waals surface area contributed by atoms with Crippen LogP contribution >= 0.6 is 0 Å².